The summed E-state index contributed by atoms with van der Waals surface area (Å²) in [5, 5.41) is 33.2. The molecule has 5 atom stereocenters. The Morgan fingerprint density at radius 1 is 1.17 bits per heavy atom. The number of alkyl halides is 3. The fourth-order valence-electron chi connectivity index (χ4n) is 3.81. The molecule has 1 fully saturated rings. The highest BCUT2D eigenvalue weighted by Crippen LogP contribution is 2.36. The molecular formula is C22H26F3N5O5. The summed E-state index contributed by atoms with van der Waals surface area (Å²) in [6.45, 7) is 3.33. The number of hydrogen-bond acceptors (Lipinski definition) is 9. The number of hydrogen-bond donors (Lipinski definition) is 4. The Morgan fingerprint density at radius 2 is 1.89 bits per heavy atom. The summed E-state index contributed by atoms with van der Waals surface area (Å²) in [4.78, 5) is 12.9. The van der Waals surface area contributed by atoms with Crippen molar-refractivity contribution in [3.05, 3.63) is 41.7 Å². The molecule has 0 amide bonds. The van der Waals surface area contributed by atoms with Crippen LogP contribution in [0.5, 0.6) is 5.88 Å². The van der Waals surface area contributed by atoms with Crippen molar-refractivity contribution in [1.29, 1.82) is 0 Å². The maximum Gasteiger partial charge on any atom is 0.416 e. The van der Waals surface area contributed by atoms with Crippen LogP contribution in [0.3, 0.4) is 0 Å². The largest absolute Gasteiger partial charge is 0.471 e. The van der Waals surface area contributed by atoms with Crippen LogP contribution >= 0.6 is 0 Å². The molecule has 4 N–H and O–H groups in total. The molecule has 0 radical (unpaired) electrons. The van der Waals surface area contributed by atoms with E-state index in [1.165, 1.54) is 23.0 Å². The number of nitrogens with one attached hydrogen (secondary N) is 1. The molecule has 0 saturated carbocycles. The zero-order chi connectivity index (χ0) is 25.3. The zero-order valence-corrected chi connectivity index (χ0v) is 19.0. The molecule has 190 valence electrons. The molecule has 1 unspecified atom stereocenters. The van der Waals surface area contributed by atoms with Crippen LogP contribution < -0.4 is 10.1 Å². The van der Waals surface area contributed by atoms with Gasteiger partial charge in [-0.1, -0.05) is 12.1 Å². The number of nitrogens with zero attached hydrogens (tertiary/aromatic N) is 4. The summed E-state index contributed by atoms with van der Waals surface area (Å²) in [5.41, 5.74) is 0.212. The summed E-state index contributed by atoms with van der Waals surface area (Å²) in [6.07, 6.45) is -6.83. The summed E-state index contributed by atoms with van der Waals surface area (Å²) >= 11 is 0. The van der Waals surface area contributed by atoms with Gasteiger partial charge in [-0.25, -0.2) is 9.97 Å². The highest BCUT2D eigenvalue weighted by atomic mass is 19.4. The van der Waals surface area contributed by atoms with Crippen molar-refractivity contribution in [3.63, 3.8) is 0 Å². The summed E-state index contributed by atoms with van der Waals surface area (Å²) < 4.78 is 51.4. The first kappa shape index (κ1) is 25.1. The van der Waals surface area contributed by atoms with E-state index in [0.29, 0.717) is 12.0 Å². The van der Waals surface area contributed by atoms with Gasteiger partial charge in [-0.05, 0) is 38.0 Å². The number of benzene rings is 1. The van der Waals surface area contributed by atoms with E-state index in [2.05, 4.69) is 20.3 Å². The van der Waals surface area contributed by atoms with E-state index in [9.17, 15) is 28.5 Å². The third kappa shape index (κ3) is 5.17. The Kier molecular flexibility index (Phi) is 7.12. The molecule has 10 nitrogen and oxygen atoms in total. The Morgan fingerprint density at radius 3 is 2.49 bits per heavy atom. The van der Waals surface area contributed by atoms with Crippen molar-refractivity contribution < 1.29 is 38.0 Å². The normalized spacial score (nSPS) is 23.5. The van der Waals surface area contributed by atoms with Crippen molar-refractivity contribution >= 4 is 17.1 Å². The summed E-state index contributed by atoms with van der Waals surface area (Å²) in [7, 11) is 0. The molecule has 1 saturated heterocycles. The second-order valence-electron chi connectivity index (χ2n) is 8.41. The van der Waals surface area contributed by atoms with E-state index in [0.717, 1.165) is 12.1 Å². The van der Waals surface area contributed by atoms with Gasteiger partial charge >= 0.3 is 6.18 Å². The average Bonchev–Trinajstić information content (AvgIpc) is 3.29. The van der Waals surface area contributed by atoms with Gasteiger partial charge in [0.15, 0.2) is 17.4 Å². The standard InChI is InChI=1S/C22H26F3N5O5/c1-11(7-8-31)28-21-29-15-18(30(21)20-17(33)16(32)12(2)35-20)26-10-27-19(15)34-9-13-3-5-14(6-4-13)22(23,24)25/h3-6,10-12,16-17,20,31-33H,7-9H2,1-2H3,(H,28,29)/t11?,12-,16-,17-,20-/m1/s1. The van der Waals surface area contributed by atoms with Gasteiger partial charge in [0.05, 0.1) is 11.7 Å². The van der Waals surface area contributed by atoms with E-state index in [-0.39, 0.29) is 42.2 Å². The van der Waals surface area contributed by atoms with Crippen LogP contribution in [0.4, 0.5) is 19.1 Å². The molecule has 0 bridgehead atoms. The van der Waals surface area contributed by atoms with E-state index in [4.69, 9.17) is 9.47 Å². The van der Waals surface area contributed by atoms with Crippen LogP contribution in [0.15, 0.2) is 30.6 Å². The number of ether oxygens (including phenoxy) is 2. The van der Waals surface area contributed by atoms with Gasteiger partial charge in [0, 0.05) is 12.6 Å². The van der Waals surface area contributed by atoms with E-state index in [1.807, 2.05) is 6.92 Å². The number of aliphatic hydroxyl groups is 3. The predicted octanol–water partition coefficient (Wildman–Crippen LogP) is 2.25. The smallest absolute Gasteiger partial charge is 0.416 e. The van der Waals surface area contributed by atoms with Crippen molar-refractivity contribution in [2.24, 2.45) is 0 Å². The third-order valence-electron chi connectivity index (χ3n) is 5.77. The van der Waals surface area contributed by atoms with Gasteiger partial charge in [-0.15, -0.1) is 0 Å². The fraction of sp³-hybridized carbons (Fsp3) is 0.500. The molecule has 0 aliphatic carbocycles. The van der Waals surface area contributed by atoms with Crippen LogP contribution in [-0.4, -0.2) is 65.8 Å². The molecule has 1 aliphatic heterocycles. The maximum absolute atomic E-state index is 12.8. The second-order valence-corrected chi connectivity index (χ2v) is 8.41. The Balaban J connectivity index is 1.66. The summed E-state index contributed by atoms with van der Waals surface area (Å²) in [6, 6.07) is 4.36. The number of anilines is 1. The highest BCUT2D eigenvalue weighted by Gasteiger charge is 2.43. The number of aliphatic hydroxyl groups excluding tert-OH is 3. The SMILES string of the molecule is CC(CCO)Nc1nc2c(OCc3ccc(C(F)(F)F)cc3)ncnc2n1[C@@H]1O[C@H](C)[C@@H](O)[C@H]1O. The van der Waals surface area contributed by atoms with Crippen molar-refractivity contribution in [2.45, 2.75) is 63.6 Å². The molecular weight excluding hydrogens is 471 g/mol. The Labute approximate surface area is 198 Å². The lowest BCUT2D eigenvalue weighted by atomic mass is 10.1. The highest BCUT2D eigenvalue weighted by molar-refractivity contribution is 5.79. The number of imidazole rings is 1. The van der Waals surface area contributed by atoms with Gasteiger partial charge in [-0.3, -0.25) is 4.57 Å². The minimum atomic E-state index is -4.43. The van der Waals surface area contributed by atoms with Crippen molar-refractivity contribution in [2.75, 3.05) is 11.9 Å². The third-order valence-corrected chi connectivity index (χ3v) is 5.77. The number of aromatic nitrogens is 4. The quantitative estimate of drug-likeness (QED) is 0.370. The van der Waals surface area contributed by atoms with Gasteiger partial charge < -0.3 is 30.1 Å². The van der Waals surface area contributed by atoms with Gasteiger partial charge in [-0.2, -0.15) is 18.2 Å². The molecule has 1 aromatic carbocycles. The van der Waals surface area contributed by atoms with Crippen LogP contribution in [0.1, 0.15) is 37.6 Å². The van der Waals surface area contributed by atoms with E-state index >= 15 is 0 Å². The first-order valence-corrected chi connectivity index (χ1v) is 11.0. The average molecular weight is 497 g/mol. The zero-order valence-electron chi connectivity index (χ0n) is 19.0. The topological polar surface area (TPSA) is 135 Å². The lowest BCUT2D eigenvalue weighted by Gasteiger charge is -2.21. The van der Waals surface area contributed by atoms with Gasteiger partial charge in [0.1, 0.15) is 25.1 Å². The second kappa shape index (κ2) is 9.93. The molecule has 4 rings (SSSR count). The molecule has 3 heterocycles. The molecule has 2 aromatic heterocycles. The van der Waals surface area contributed by atoms with Gasteiger partial charge in [0.25, 0.3) is 0 Å². The van der Waals surface area contributed by atoms with Crippen LogP contribution in [0, 0.1) is 0 Å². The molecule has 3 aromatic rings. The first-order chi connectivity index (χ1) is 16.6. The monoisotopic (exact) mass is 497 g/mol. The lowest BCUT2D eigenvalue weighted by Crippen LogP contribution is -2.31. The minimum absolute atomic E-state index is 0.0615. The van der Waals surface area contributed by atoms with Gasteiger partial charge in [0.2, 0.25) is 11.8 Å². The van der Waals surface area contributed by atoms with Crippen molar-refractivity contribution in [3.8, 4) is 5.88 Å². The van der Waals surface area contributed by atoms with E-state index < -0.39 is 36.3 Å². The van der Waals surface area contributed by atoms with E-state index in [1.54, 1.807) is 6.92 Å². The fourth-order valence-corrected chi connectivity index (χ4v) is 3.81. The predicted molar refractivity (Wildman–Crippen MR) is 117 cm³/mol. The van der Waals surface area contributed by atoms with Crippen LogP contribution in [0.25, 0.3) is 11.2 Å². The summed E-state index contributed by atoms with van der Waals surface area (Å²) in [5.74, 6) is 0.332. The molecule has 0 spiro atoms. The molecule has 1 aliphatic rings. The molecule has 35 heavy (non-hydrogen) atoms. The minimum Gasteiger partial charge on any atom is -0.471 e. The molecule has 13 heteroatoms. The Hall–Kier alpha value is -3.00. The number of fused-ring (bicyclic) bond motifs is 1. The number of halogens is 3. The first-order valence-electron chi connectivity index (χ1n) is 11.0. The van der Waals surface area contributed by atoms with Crippen molar-refractivity contribution in [1.82, 2.24) is 19.5 Å². The van der Waals surface area contributed by atoms with Crippen LogP contribution in [-0.2, 0) is 17.5 Å². The lowest BCUT2D eigenvalue weighted by molar-refractivity contribution is -0.137. The van der Waals surface area contributed by atoms with Crippen LogP contribution in [0.2, 0.25) is 0 Å². The maximum atomic E-state index is 12.8. The Bertz CT molecular complexity index is 1160. The number of rotatable bonds is 8.